The standard InChI is InChI=1S/C14H24N2O2/c1-3-5-12(15)10-14(17)16-11(2)7-8-13-6-4-9-18-13/h4,6,9,11-12H,3,5,7-8,10,15H2,1-2H3,(H,16,17). The van der Waals surface area contributed by atoms with Crippen LogP contribution in [0.5, 0.6) is 0 Å². The van der Waals surface area contributed by atoms with Gasteiger partial charge in [0.2, 0.25) is 5.91 Å². The summed E-state index contributed by atoms with van der Waals surface area (Å²) in [5, 5.41) is 2.97. The summed E-state index contributed by atoms with van der Waals surface area (Å²) in [5.74, 6) is 1.00. The van der Waals surface area contributed by atoms with Crippen molar-refractivity contribution in [3.63, 3.8) is 0 Å². The van der Waals surface area contributed by atoms with Crippen molar-refractivity contribution < 1.29 is 9.21 Å². The molecule has 102 valence electrons. The Morgan fingerprint density at radius 2 is 2.28 bits per heavy atom. The van der Waals surface area contributed by atoms with E-state index in [-0.39, 0.29) is 18.0 Å². The number of hydrogen-bond donors (Lipinski definition) is 2. The molecule has 2 atom stereocenters. The van der Waals surface area contributed by atoms with Gasteiger partial charge in [-0.1, -0.05) is 13.3 Å². The Kier molecular flexibility index (Phi) is 6.50. The van der Waals surface area contributed by atoms with Gasteiger partial charge in [0.15, 0.2) is 0 Å². The summed E-state index contributed by atoms with van der Waals surface area (Å²) in [6.07, 6.45) is 5.72. The summed E-state index contributed by atoms with van der Waals surface area (Å²) in [4.78, 5) is 11.7. The minimum atomic E-state index is -0.0210. The average Bonchev–Trinajstić information content (AvgIpc) is 2.79. The topological polar surface area (TPSA) is 68.3 Å². The van der Waals surface area contributed by atoms with E-state index in [0.717, 1.165) is 31.4 Å². The number of rotatable bonds is 8. The molecule has 1 amide bonds. The number of carbonyl (C=O) groups is 1. The second-order valence-corrected chi connectivity index (χ2v) is 4.84. The molecule has 0 spiro atoms. The van der Waals surface area contributed by atoms with Gasteiger partial charge in [0, 0.05) is 24.9 Å². The van der Waals surface area contributed by atoms with Crippen molar-refractivity contribution in [1.82, 2.24) is 5.32 Å². The van der Waals surface area contributed by atoms with Crippen molar-refractivity contribution in [2.45, 2.75) is 58.0 Å². The normalized spacial score (nSPS) is 14.2. The SMILES string of the molecule is CCCC(N)CC(=O)NC(C)CCc1ccco1. The molecule has 2 unspecified atom stereocenters. The third-order valence-corrected chi connectivity index (χ3v) is 2.92. The number of nitrogens with two attached hydrogens (primary N) is 1. The molecule has 0 aliphatic heterocycles. The number of carbonyl (C=O) groups excluding carboxylic acids is 1. The van der Waals surface area contributed by atoms with E-state index in [4.69, 9.17) is 10.2 Å². The van der Waals surface area contributed by atoms with Gasteiger partial charge in [0.1, 0.15) is 5.76 Å². The zero-order valence-corrected chi connectivity index (χ0v) is 11.3. The van der Waals surface area contributed by atoms with Crippen LogP contribution < -0.4 is 11.1 Å². The number of hydrogen-bond acceptors (Lipinski definition) is 3. The molecule has 0 radical (unpaired) electrons. The molecule has 18 heavy (non-hydrogen) atoms. The number of furan rings is 1. The van der Waals surface area contributed by atoms with Crippen LogP contribution in [0.1, 0.15) is 45.3 Å². The van der Waals surface area contributed by atoms with Gasteiger partial charge in [-0.3, -0.25) is 4.79 Å². The molecule has 0 saturated heterocycles. The van der Waals surface area contributed by atoms with Crippen LogP contribution in [-0.2, 0) is 11.2 Å². The Bertz CT molecular complexity index is 336. The lowest BCUT2D eigenvalue weighted by atomic mass is 10.1. The minimum absolute atomic E-state index is 0.0210. The largest absolute Gasteiger partial charge is 0.469 e. The lowest BCUT2D eigenvalue weighted by Gasteiger charge is -2.15. The van der Waals surface area contributed by atoms with Gasteiger partial charge in [0.25, 0.3) is 0 Å². The van der Waals surface area contributed by atoms with Crippen LogP contribution in [-0.4, -0.2) is 18.0 Å². The summed E-state index contributed by atoms with van der Waals surface area (Å²) in [7, 11) is 0. The second kappa shape index (κ2) is 7.93. The van der Waals surface area contributed by atoms with E-state index in [9.17, 15) is 4.79 Å². The molecule has 3 N–H and O–H groups in total. The zero-order valence-electron chi connectivity index (χ0n) is 11.3. The summed E-state index contributed by atoms with van der Waals surface area (Å²) in [5.41, 5.74) is 5.84. The fraction of sp³-hybridized carbons (Fsp3) is 0.643. The predicted molar refractivity (Wildman–Crippen MR) is 72.1 cm³/mol. The predicted octanol–water partition coefficient (Wildman–Crippen LogP) is 2.23. The van der Waals surface area contributed by atoms with Crippen LogP contribution in [0.25, 0.3) is 0 Å². The third kappa shape index (κ3) is 5.87. The van der Waals surface area contributed by atoms with Crippen molar-refractivity contribution in [3.8, 4) is 0 Å². The van der Waals surface area contributed by atoms with E-state index in [0.29, 0.717) is 6.42 Å². The van der Waals surface area contributed by atoms with Gasteiger partial charge in [-0.05, 0) is 31.9 Å². The summed E-state index contributed by atoms with van der Waals surface area (Å²) >= 11 is 0. The molecule has 0 saturated carbocycles. The lowest BCUT2D eigenvalue weighted by molar-refractivity contribution is -0.122. The molecule has 0 bridgehead atoms. The zero-order chi connectivity index (χ0) is 13.4. The number of amides is 1. The Morgan fingerprint density at radius 3 is 2.89 bits per heavy atom. The van der Waals surface area contributed by atoms with E-state index in [1.165, 1.54) is 0 Å². The number of aryl methyl sites for hydroxylation is 1. The van der Waals surface area contributed by atoms with Crippen LogP contribution in [0.4, 0.5) is 0 Å². The van der Waals surface area contributed by atoms with E-state index in [1.807, 2.05) is 19.1 Å². The maximum absolute atomic E-state index is 11.7. The van der Waals surface area contributed by atoms with Crippen LogP contribution in [0.3, 0.4) is 0 Å². The molecule has 1 heterocycles. The molecule has 0 aromatic carbocycles. The highest BCUT2D eigenvalue weighted by atomic mass is 16.3. The van der Waals surface area contributed by atoms with E-state index in [2.05, 4.69) is 12.2 Å². The van der Waals surface area contributed by atoms with Crippen molar-refractivity contribution in [2.24, 2.45) is 5.73 Å². The molecule has 1 rings (SSSR count). The van der Waals surface area contributed by atoms with Crippen molar-refractivity contribution >= 4 is 5.91 Å². The Hall–Kier alpha value is -1.29. The monoisotopic (exact) mass is 252 g/mol. The lowest BCUT2D eigenvalue weighted by Crippen LogP contribution is -2.37. The summed E-state index contributed by atoms with van der Waals surface area (Å²) in [6, 6.07) is 3.96. The van der Waals surface area contributed by atoms with E-state index >= 15 is 0 Å². The fourth-order valence-corrected chi connectivity index (χ4v) is 1.93. The molecule has 1 aromatic heterocycles. The van der Waals surface area contributed by atoms with Gasteiger partial charge in [-0.15, -0.1) is 0 Å². The first-order valence-electron chi connectivity index (χ1n) is 6.69. The second-order valence-electron chi connectivity index (χ2n) is 4.84. The summed E-state index contributed by atoms with van der Waals surface area (Å²) < 4.78 is 5.25. The molecule has 0 aliphatic carbocycles. The van der Waals surface area contributed by atoms with E-state index < -0.39 is 0 Å². The van der Waals surface area contributed by atoms with Crippen LogP contribution in [0.2, 0.25) is 0 Å². The van der Waals surface area contributed by atoms with Crippen LogP contribution in [0, 0.1) is 0 Å². The highest BCUT2D eigenvalue weighted by molar-refractivity contribution is 5.76. The van der Waals surface area contributed by atoms with Crippen molar-refractivity contribution in [1.29, 1.82) is 0 Å². The van der Waals surface area contributed by atoms with Crippen LogP contribution >= 0.6 is 0 Å². The maximum Gasteiger partial charge on any atom is 0.221 e. The highest BCUT2D eigenvalue weighted by Gasteiger charge is 2.11. The molecular weight excluding hydrogens is 228 g/mol. The van der Waals surface area contributed by atoms with Gasteiger partial charge in [-0.25, -0.2) is 0 Å². The van der Waals surface area contributed by atoms with Gasteiger partial charge >= 0.3 is 0 Å². The Balaban J connectivity index is 2.18. The maximum atomic E-state index is 11.7. The Morgan fingerprint density at radius 1 is 1.50 bits per heavy atom. The quantitative estimate of drug-likeness (QED) is 0.745. The van der Waals surface area contributed by atoms with Gasteiger partial charge in [-0.2, -0.15) is 0 Å². The smallest absolute Gasteiger partial charge is 0.221 e. The number of nitrogens with one attached hydrogen (secondary N) is 1. The fourth-order valence-electron chi connectivity index (χ4n) is 1.93. The first kappa shape index (κ1) is 14.8. The van der Waals surface area contributed by atoms with Crippen LogP contribution in [0.15, 0.2) is 22.8 Å². The Labute approximate surface area is 109 Å². The minimum Gasteiger partial charge on any atom is -0.469 e. The molecule has 1 aromatic rings. The van der Waals surface area contributed by atoms with E-state index in [1.54, 1.807) is 6.26 Å². The highest BCUT2D eigenvalue weighted by Crippen LogP contribution is 2.06. The first-order chi connectivity index (χ1) is 8.61. The molecule has 0 fully saturated rings. The average molecular weight is 252 g/mol. The van der Waals surface area contributed by atoms with Gasteiger partial charge < -0.3 is 15.5 Å². The molecule has 4 heteroatoms. The van der Waals surface area contributed by atoms with Crippen molar-refractivity contribution in [2.75, 3.05) is 0 Å². The van der Waals surface area contributed by atoms with Crippen molar-refractivity contribution in [3.05, 3.63) is 24.2 Å². The first-order valence-corrected chi connectivity index (χ1v) is 6.69. The molecule has 4 nitrogen and oxygen atoms in total. The van der Waals surface area contributed by atoms with Gasteiger partial charge in [0.05, 0.1) is 6.26 Å². The molecule has 0 aliphatic rings. The molecular formula is C14H24N2O2. The summed E-state index contributed by atoms with van der Waals surface area (Å²) in [6.45, 7) is 4.08. The third-order valence-electron chi connectivity index (χ3n) is 2.92.